The van der Waals surface area contributed by atoms with Crippen LogP contribution >= 0.6 is 22.6 Å². The third-order valence-electron chi connectivity index (χ3n) is 2.10. The molecule has 0 amide bonds. The molecular formula is C10H17IO4. The summed E-state index contributed by atoms with van der Waals surface area (Å²) in [6.45, 7) is 6.90. The van der Waals surface area contributed by atoms with Crippen molar-refractivity contribution in [3.8, 4) is 0 Å². The van der Waals surface area contributed by atoms with Crippen molar-refractivity contribution in [1.29, 1.82) is 0 Å². The zero-order valence-electron chi connectivity index (χ0n) is 9.46. The molecule has 0 aliphatic carbocycles. The Bertz CT molecular complexity index is 257. The molecule has 4 nitrogen and oxygen atoms in total. The predicted molar refractivity (Wildman–Crippen MR) is 65.1 cm³/mol. The first-order chi connectivity index (χ1) is 6.60. The highest BCUT2D eigenvalue weighted by atomic mass is 127. The minimum Gasteiger partial charge on any atom is -0.481 e. The number of hydrogen-bond donors (Lipinski definition) is 1. The van der Waals surface area contributed by atoms with Gasteiger partial charge < -0.3 is 9.84 Å². The van der Waals surface area contributed by atoms with Gasteiger partial charge in [-0.2, -0.15) is 0 Å². The summed E-state index contributed by atoms with van der Waals surface area (Å²) in [6.07, 6.45) is 0.319. The number of carbonyl (C=O) groups excluding carboxylic acids is 1. The maximum atomic E-state index is 11.6. The van der Waals surface area contributed by atoms with E-state index in [-0.39, 0.29) is 12.4 Å². The van der Waals surface area contributed by atoms with Crippen molar-refractivity contribution in [2.75, 3.05) is 0 Å². The van der Waals surface area contributed by atoms with E-state index >= 15 is 0 Å². The van der Waals surface area contributed by atoms with E-state index in [1.54, 1.807) is 27.7 Å². The van der Waals surface area contributed by atoms with Gasteiger partial charge in [-0.15, -0.1) is 0 Å². The van der Waals surface area contributed by atoms with Gasteiger partial charge in [-0.05, 0) is 27.2 Å². The number of rotatable bonds is 5. The van der Waals surface area contributed by atoms with Gasteiger partial charge in [0.05, 0.1) is 6.42 Å². The number of halogens is 1. The molecule has 0 heterocycles. The molecule has 1 unspecified atom stereocenters. The summed E-state index contributed by atoms with van der Waals surface area (Å²) in [7, 11) is 0. The number of hydrogen-bond acceptors (Lipinski definition) is 3. The maximum Gasteiger partial charge on any atom is 0.322 e. The van der Waals surface area contributed by atoms with E-state index in [0.717, 1.165) is 0 Å². The molecule has 5 heteroatoms. The van der Waals surface area contributed by atoms with Crippen molar-refractivity contribution in [3.63, 3.8) is 0 Å². The lowest BCUT2D eigenvalue weighted by Crippen LogP contribution is -2.39. The van der Waals surface area contributed by atoms with E-state index in [1.807, 2.05) is 22.6 Å². The van der Waals surface area contributed by atoms with Crippen LogP contribution in [-0.4, -0.2) is 26.1 Å². The average molecular weight is 328 g/mol. The van der Waals surface area contributed by atoms with Crippen LogP contribution in [-0.2, 0) is 14.3 Å². The number of carboxylic acid groups (broad SMARTS) is 1. The van der Waals surface area contributed by atoms with Crippen LogP contribution in [0.15, 0.2) is 0 Å². The van der Waals surface area contributed by atoms with Crippen LogP contribution in [0.25, 0.3) is 0 Å². The lowest BCUT2D eigenvalue weighted by molar-refractivity contribution is -0.164. The summed E-state index contributed by atoms with van der Waals surface area (Å²) >= 11 is 1.97. The Hall–Kier alpha value is -0.330. The largest absolute Gasteiger partial charge is 0.481 e. The van der Waals surface area contributed by atoms with E-state index in [2.05, 4.69) is 0 Å². The first-order valence-corrected chi connectivity index (χ1v) is 5.83. The predicted octanol–water partition coefficient (Wildman–Crippen LogP) is 2.39. The fourth-order valence-electron chi connectivity index (χ4n) is 0.898. The second-order valence-corrected chi connectivity index (χ2v) is 6.93. The Kier molecular flexibility index (Phi) is 5.02. The van der Waals surface area contributed by atoms with Gasteiger partial charge in [0.25, 0.3) is 0 Å². The quantitative estimate of drug-likeness (QED) is 0.478. The standard InChI is InChI=1S/C10H17IO4/c1-5-10(4,6-7(12)13)15-8(14)9(2,3)11/h5-6H2,1-4H3,(H,12,13). The molecule has 0 radical (unpaired) electrons. The van der Waals surface area contributed by atoms with Gasteiger partial charge in [0.15, 0.2) is 0 Å². The summed E-state index contributed by atoms with van der Waals surface area (Å²) in [5.74, 6) is -1.34. The first-order valence-electron chi connectivity index (χ1n) is 4.75. The summed E-state index contributed by atoms with van der Waals surface area (Å²) in [4.78, 5) is 22.2. The van der Waals surface area contributed by atoms with Crippen molar-refractivity contribution < 1.29 is 19.4 Å². The molecule has 0 saturated heterocycles. The summed E-state index contributed by atoms with van der Waals surface area (Å²) in [5.41, 5.74) is -0.911. The highest BCUT2D eigenvalue weighted by Gasteiger charge is 2.35. The zero-order chi connectivity index (χ0) is 12.3. The molecule has 0 spiro atoms. The van der Waals surface area contributed by atoms with Gasteiger partial charge in [-0.25, -0.2) is 0 Å². The van der Waals surface area contributed by atoms with Crippen molar-refractivity contribution in [2.45, 2.75) is 49.6 Å². The Morgan fingerprint density at radius 3 is 2.07 bits per heavy atom. The van der Waals surface area contributed by atoms with Gasteiger partial charge in [0.2, 0.25) is 0 Å². The molecule has 0 rings (SSSR count). The topological polar surface area (TPSA) is 63.6 Å². The molecule has 0 aliphatic rings. The van der Waals surface area contributed by atoms with Crippen LogP contribution < -0.4 is 0 Å². The molecule has 1 N–H and O–H groups in total. The molecule has 0 bridgehead atoms. The van der Waals surface area contributed by atoms with Crippen molar-refractivity contribution in [2.24, 2.45) is 0 Å². The van der Waals surface area contributed by atoms with E-state index < -0.39 is 15.0 Å². The fraction of sp³-hybridized carbons (Fsp3) is 0.800. The molecule has 88 valence electrons. The van der Waals surface area contributed by atoms with Crippen LogP contribution in [0.5, 0.6) is 0 Å². The number of ether oxygens (including phenoxy) is 1. The second-order valence-electron chi connectivity index (χ2n) is 4.24. The average Bonchev–Trinajstić information content (AvgIpc) is 2.00. The number of esters is 1. The Morgan fingerprint density at radius 2 is 1.80 bits per heavy atom. The van der Waals surface area contributed by atoms with Crippen LogP contribution in [0.4, 0.5) is 0 Å². The molecular weight excluding hydrogens is 311 g/mol. The van der Waals surface area contributed by atoms with Gasteiger partial charge >= 0.3 is 11.9 Å². The fourth-order valence-corrected chi connectivity index (χ4v) is 1.01. The maximum absolute atomic E-state index is 11.6. The zero-order valence-corrected chi connectivity index (χ0v) is 11.6. The van der Waals surface area contributed by atoms with Crippen LogP contribution in [0.2, 0.25) is 0 Å². The van der Waals surface area contributed by atoms with Crippen molar-refractivity contribution in [3.05, 3.63) is 0 Å². The Morgan fingerprint density at radius 1 is 1.33 bits per heavy atom. The van der Waals surface area contributed by atoms with E-state index in [4.69, 9.17) is 9.84 Å². The summed E-state index contributed by atoms with van der Waals surface area (Å²) < 4.78 is 4.60. The van der Waals surface area contributed by atoms with Crippen molar-refractivity contribution >= 4 is 34.5 Å². The minimum atomic E-state index is -0.960. The summed E-state index contributed by atoms with van der Waals surface area (Å²) in [5, 5.41) is 8.70. The smallest absolute Gasteiger partial charge is 0.322 e. The third kappa shape index (κ3) is 5.34. The summed E-state index contributed by atoms with van der Waals surface area (Å²) in [6, 6.07) is 0. The number of carboxylic acids is 1. The van der Waals surface area contributed by atoms with E-state index in [0.29, 0.717) is 6.42 Å². The molecule has 0 aromatic rings. The van der Waals surface area contributed by atoms with Crippen LogP contribution in [0.3, 0.4) is 0 Å². The molecule has 1 atom stereocenters. The number of aliphatic carboxylic acids is 1. The Balaban J connectivity index is 4.58. The molecule has 0 fully saturated rings. The van der Waals surface area contributed by atoms with Gasteiger partial charge in [0, 0.05) is 0 Å². The number of alkyl halides is 1. The SMILES string of the molecule is CCC(C)(CC(=O)O)OC(=O)C(C)(C)I. The third-order valence-corrected chi connectivity index (χ3v) is 2.54. The monoisotopic (exact) mass is 328 g/mol. The molecule has 0 saturated carbocycles. The van der Waals surface area contributed by atoms with Crippen molar-refractivity contribution in [1.82, 2.24) is 0 Å². The molecule has 0 aromatic heterocycles. The lowest BCUT2D eigenvalue weighted by atomic mass is 9.98. The Labute approximate surface area is 104 Å². The normalized spacial score (nSPS) is 15.5. The highest BCUT2D eigenvalue weighted by molar-refractivity contribution is 14.1. The highest BCUT2D eigenvalue weighted by Crippen LogP contribution is 2.26. The van der Waals surface area contributed by atoms with Gasteiger partial charge in [-0.3, -0.25) is 9.59 Å². The van der Waals surface area contributed by atoms with Gasteiger partial charge in [-0.1, -0.05) is 29.5 Å². The molecule has 15 heavy (non-hydrogen) atoms. The number of carbonyl (C=O) groups is 2. The molecule has 0 aromatic carbocycles. The van der Waals surface area contributed by atoms with E-state index in [9.17, 15) is 9.59 Å². The van der Waals surface area contributed by atoms with Gasteiger partial charge in [0.1, 0.15) is 9.02 Å². The van der Waals surface area contributed by atoms with Crippen LogP contribution in [0, 0.1) is 0 Å². The second kappa shape index (κ2) is 5.14. The lowest BCUT2D eigenvalue weighted by Gasteiger charge is -2.29. The molecule has 0 aliphatic heterocycles. The first kappa shape index (κ1) is 14.7. The van der Waals surface area contributed by atoms with E-state index in [1.165, 1.54) is 0 Å². The van der Waals surface area contributed by atoms with Crippen LogP contribution in [0.1, 0.15) is 40.5 Å². The minimum absolute atomic E-state index is 0.165.